The number of ether oxygens (including phenoxy) is 1. The van der Waals surface area contributed by atoms with Crippen LogP contribution in [0, 0.1) is 0 Å². The standard InChI is InChI=1S/C12H9BrN2OS/c1-16-8-5-11(17-6-8)12-14-9-3-2-7(13)4-10(9)15-12/h2-6H,1H3,(H,14,15). The maximum Gasteiger partial charge on any atom is 0.148 e. The lowest BCUT2D eigenvalue weighted by molar-refractivity contribution is 0.417. The van der Waals surface area contributed by atoms with Gasteiger partial charge in [0.15, 0.2) is 0 Å². The van der Waals surface area contributed by atoms with E-state index >= 15 is 0 Å². The number of nitrogens with one attached hydrogen (secondary N) is 1. The van der Waals surface area contributed by atoms with Crippen molar-refractivity contribution < 1.29 is 4.74 Å². The highest BCUT2D eigenvalue weighted by atomic mass is 79.9. The molecule has 0 saturated heterocycles. The molecule has 0 bridgehead atoms. The Bertz CT molecular complexity index is 674. The zero-order valence-electron chi connectivity index (χ0n) is 9.03. The Morgan fingerprint density at radius 3 is 3.00 bits per heavy atom. The molecule has 0 atom stereocenters. The number of nitrogens with zero attached hydrogens (tertiary/aromatic N) is 1. The third kappa shape index (κ3) is 1.96. The molecular formula is C12H9BrN2OS. The Morgan fingerprint density at radius 1 is 1.35 bits per heavy atom. The van der Waals surface area contributed by atoms with Crippen molar-refractivity contribution >= 4 is 38.3 Å². The number of methoxy groups -OCH3 is 1. The van der Waals surface area contributed by atoms with Gasteiger partial charge in [-0.05, 0) is 18.2 Å². The van der Waals surface area contributed by atoms with Crippen LogP contribution in [0.1, 0.15) is 0 Å². The summed E-state index contributed by atoms with van der Waals surface area (Å²) in [7, 11) is 1.67. The third-order valence-corrected chi connectivity index (χ3v) is 3.90. The summed E-state index contributed by atoms with van der Waals surface area (Å²) in [6.45, 7) is 0. The highest BCUT2D eigenvalue weighted by molar-refractivity contribution is 9.10. The predicted octanol–water partition coefficient (Wildman–Crippen LogP) is 4.06. The normalized spacial score (nSPS) is 10.9. The van der Waals surface area contributed by atoms with Crippen LogP contribution in [-0.2, 0) is 0 Å². The van der Waals surface area contributed by atoms with Gasteiger partial charge in [-0.1, -0.05) is 15.9 Å². The van der Waals surface area contributed by atoms with Gasteiger partial charge in [0.05, 0.1) is 23.0 Å². The van der Waals surface area contributed by atoms with Gasteiger partial charge in [0, 0.05) is 15.9 Å². The first-order chi connectivity index (χ1) is 8.26. The molecule has 0 aliphatic carbocycles. The van der Waals surface area contributed by atoms with Gasteiger partial charge in [0.2, 0.25) is 0 Å². The van der Waals surface area contributed by atoms with Crippen LogP contribution < -0.4 is 4.74 Å². The highest BCUT2D eigenvalue weighted by Gasteiger charge is 2.08. The number of H-pyrrole nitrogens is 1. The fourth-order valence-electron chi connectivity index (χ4n) is 1.65. The van der Waals surface area contributed by atoms with Gasteiger partial charge >= 0.3 is 0 Å². The molecule has 17 heavy (non-hydrogen) atoms. The van der Waals surface area contributed by atoms with Crippen LogP contribution >= 0.6 is 27.3 Å². The van der Waals surface area contributed by atoms with E-state index in [4.69, 9.17) is 4.74 Å². The molecule has 0 aliphatic rings. The lowest BCUT2D eigenvalue weighted by atomic mass is 10.3. The molecule has 3 rings (SSSR count). The summed E-state index contributed by atoms with van der Waals surface area (Å²) in [5, 5.41) is 1.97. The van der Waals surface area contributed by atoms with Crippen molar-refractivity contribution in [3.05, 3.63) is 34.1 Å². The molecule has 3 nitrogen and oxygen atoms in total. The lowest BCUT2D eigenvalue weighted by Crippen LogP contribution is -1.77. The predicted molar refractivity (Wildman–Crippen MR) is 73.7 cm³/mol. The topological polar surface area (TPSA) is 37.9 Å². The van der Waals surface area contributed by atoms with Crippen molar-refractivity contribution in [2.24, 2.45) is 0 Å². The molecule has 2 heterocycles. The number of thiophene rings is 1. The van der Waals surface area contributed by atoms with Crippen LogP contribution in [0.25, 0.3) is 21.7 Å². The minimum Gasteiger partial charge on any atom is -0.496 e. The second-order valence-electron chi connectivity index (χ2n) is 3.60. The summed E-state index contributed by atoms with van der Waals surface area (Å²) in [6, 6.07) is 7.99. The molecule has 0 fully saturated rings. The van der Waals surface area contributed by atoms with E-state index in [2.05, 4.69) is 25.9 Å². The van der Waals surface area contributed by atoms with Crippen LogP contribution in [0.3, 0.4) is 0 Å². The maximum absolute atomic E-state index is 5.17. The molecule has 86 valence electrons. The number of benzene rings is 1. The number of halogens is 1. The maximum atomic E-state index is 5.17. The number of imidazole rings is 1. The van der Waals surface area contributed by atoms with E-state index in [9.17, 15) is 0 Å². The first kappa shape index (κ1) is 10.8. The molecule has 5 heteroatoms. The second kappa shape index (κ2) is 4.16. The zero-order valence-corrected chi connectivity index (χ0v) is 11.4. The molecule has 0 amide bonds. The number of hydrogen-bond acceptors (Lipinski definition) is 3. The van der Waals surface area contributed by atoms with Crippen LogP contribution in [0.5, 0.6) is 5.75 Å². The van der Waals surface area contributed by atoms with Crippen molar-refractivity contribution in [1.82, 2.24) is 9.97 Å². The minimum absolute atomic E-state index is 0.867. The summed E-state index contributed by atoms with van der Waals surface area (Å²) < 4.78 is 6.22. The number of fused-ring (bicyclic) bond motifs is 1. The van der Waals surface area contributed by atoms with Crippen LogP contribution in [0.4, 0.5) is 0 Å². The zero-order chi connectivity index (χ0) is 11.8. The first-order valence-corrected chi connectivity index (χ1v) is 6.72. The van der Waals surface area contributed by atoms with E-state index in [0.29, 0.717) is 0 Å². The first-order valence-electron chi connectivity index (χ1n) is 5.04. The quantitative estimate of drug-likeness (QED) is 0.775. The molecule has 1 aromatic carbocycles. The van der Waals surface area contributed by atoms with Crippen molar-refractivity contribution in [1.29, 1.82) is 0 Å². The molecule has 0 aliphatic heterocycles. The second-order valence-corrected chi connectivity index (χ2v) is 5.42. The van der Waals surface area contributed by atoms with E-state index in [1.165, 1.54) is 0 Å². The number of hydrogen-bond donors (Lipinski definition) is 1. The highest BCUT2D eigenvalue weighted by Crippen LogP contribution is 2.30. The number of aromatic nitrogens is 2. The van der Waals surface area contributed by atoms with Crippen molar-refractivity contribution in [2.45, 2.75) is 0 Å². The average Bonchev–Trinajstić information content (AvgIpc) is 2.93. The van der Waals surface area contributed by atoms with E-state index in [-0.39, 0.29) is 0 Å². The Hall–Kier alpha value is -1.33. The number of aromatic amines is 1. The largest absolute Gasteiger partial charge is 0.496 e. The van der Waals surface area contributed by atoms with Crippen LogP contribution in [-0.4, -0.2) is 17.1 Å². The minimum atomic E-state index is 0.867. The van der Waals surface area contributed by atoms with Gasteiger partial charge in [0.1, 0.15) is 11.6 Å². The Kier molecular flexibility index (Phi) is 2.64. The Labute approximate surface area is 111 Å². The van der Waals surface area contributed by atoms with Crippen molar-refractivity contribution in [2.75, 3.05) is 7.11 Å². The summed E-state index contributed by atoms with van der Waals surface area (Å²) in [5.74, 6) is 1.75. The average molecular weight is 309 g/mol. The Morgan fingerprint density at radius 2 is 2.24 bits per heavy atom. The lowest BCUT2D eigenvalue weighted by Gasteiger charge is -1.90. The molecule has 1 N–H and O–H groups in total. The summed E-state index contributed by atoms with van der Waals surface area (Å²) in [6.07, 6.45) is 0. The SMILES string of the molecule is COc1csc(-c2nc3ccc(Br)cc3[nH]2)c1. The molecule has 0 radical (unpaired) electrons. The fraction of sp³-hybridized carbons (Fsp3) is 0.0833. The van der Waals surface area contributed by atoms with Gasteiger partial charge in [0.25, 0.3) is 0 Å². The monoisotopic (exact) mass is 308 g/mol. The van der Waals surface area contributed by atoms with Crippen molar-refractivity contribution in [3.63, 3.8) is 0 Å². The Balaban J connectivity index is 2.11. The molecule has 0 spiro atoms. The van der Waals surface area contributed by atoms with Crippen LogP contribution in [0.15, 0.2) is 34.1 Å². The van der Waals surface area contributed by atoms with E-state index < -0.39 is 0 Å². The smallest absolute Gasteiger partial charge is 0.148 e. The van der Waals surface area contributed by atoms with Gasteiger partial charge in [-0.2, -0.15) is 0 Å². The molecule has 2 aromatic heterocycles. The summed E-state index contributed by atoms with van der Waals surface area (Å²) in [4.78, 5) is 8.93. The van der Waals surface area contributed by atoms with Gasteiger partial charge in [-0.15, -0.1) is 11.3 Å². The van der Waals surface area contributed by atoms with Crippen molar-refractivity contribution in [3.8, 4) is 16.5 Å². The van der Waals surface area contributed by atoms with E-state index in [0.717, 1.165) is 32.0 Å². The fourth-order valence-corrected chi connectivity index (χ4v) is 2.81. The van der Waals surface area contributed by atoms with Gasteiger partial charge < -0.3 is 9.72 Å². The van der Waals surface area contributed by atoms with Crippen LogP contribution in [0.2, 0.25) is 0 Å². The molecular weight excluding hydrogens is 300 g/mol. The van der Waals surface area contributed by atoms with E-state index in [1.807, 2.05) is 29.6 Å². The molecule has 3 aromatic rings. The van der Waals surface area contributed by atoms with Gasteiger partial charge in [-0.3, -0.25) is 0 Å². The third-order valence-electron chi connectivity index (χ3n) is 2.49. The summed E-state index contributed by atoms with van der Waals surface area (Å²) in [5.41, 5.74) is 2.00. The summed E-state index contributed by atoms with van der Waals surface area (Å²) >= 11 is 5.06. The van der Waals surface area contributed by atoms with E-state index in [1.54, 1.807) is 18.4 Å². The molecule has 0 unspecified atom stereocenters. The van der Waals surface area contributed by atoms with Gasteiger partial charge in [-0.25, -0.2) is 4.98 Å². The number of rotatable bonds is 2. The molecule has 0 saturated carbocycles.